The number of rotatable bonds is 3. The summed E-state index contributed by atoms with van der Waals surface area (Å²) >= 11 is 0. The van der Waals surface area contributed by atoms with Crippen molar-refractivity contribution in [3.05, 3.63) is 12.2 Å². The van der Waals surface area contributed by atoms with Crippen molar-refractivity contribution in [3.63, 3.8) is 0 Å². The standard InChI is InChI=1S/C11H19N3O3S.ClH/c1-2-18(16,17)14-8-6-13(7-9-14)11(15)10-4-3-5-12-10;/h3-4,10,12H,2,5-9H2,1H3;1H. The fraction of sp³-hybridized carbons (Fsp3) is 0.727. The second-order valence-electron chi connectivity index (χ2n) is 4.44. The van der Waals surface area contributed by atoms with Crippen LogP contribution >= 0.6 is 12.4 Å². The van der Waals surface area contributed by atoms with Gasteiger partial charge in [-0.25, -0.2) is 8.42 Å². The number of carbonyl (C=O) groups excluding carboxylic acids is 1. The molecule has 0 radical (unpaired) electrons. The van der Waals surface area contributed by atoms with Crippen molar-refractivity contribution < 1.29 is 13.2 Å². The third-order valence-electron chi connectivity index (χ3n) is 3.36. The fourth-order valence-corrected chi connectivity index (χ4v) is 3.29. The predicted molar refractivity (Wildman–Crippen MR) is 75.8 cm³/mol. The number of nitrogens with zero attached hydrogens (tertiary/aromatic N) is 2. The molecule has 1 saturated heterocycles. The highest BCUT2D eigenvalue weighted by Gasteiger charge is 2.30. The van der Waals surface area contributed by atoms with Crippen molar-refractivity contribution in [1.29, 1.82) is 0 Å². The van der Waals surface area contributed by atoms with Gasteiger partial charge in [0.1, 0.15) is 6.04 Å². The summed E-state index contributed by atoms with van der Waals surface area (Å²) in [6.07, 6.45) is 3.79. The summed E-state index contributed by atoms with van der Waals surface area (Å²) in [7, 11) is -3.12. The monoisotopic (exact) mass is 309 g/mol. The number of hydrogen-bond donors (Lipinski definition) is 1. The molecule has 8 heteroatoms. The minimum absolute atomic E-state index is 0. The Kier molecular flexibility index (Phi) is 5.79. The van der Waals surface area contributed by atoms with E-state index in [4.69, 9.17) is 0 Å². The lowest BCUT2D eigenvalue weighted by atomic mass is 10.2. The van der Waals surface area contributed by atoms with Crippen LogP contribution < -0.4 is 5.32 Å². The lowest BCUT2D eigenvalue weighted by Gasteiger charge is -2.34. The molecular weight excluding hydrogens is 290 g/mol. The van der Waals surface area contributed by atoms with E-state index < -0.39 is 10.0 Å². The Labute approximate surface area is 120 Å². The van der Waals surface area contributed by atoms with Gasteiger partial charge in [0, 0.05) is 32.7 Å². The third-order valence-corrected chi connectivity index (χ3v) is 5.24. The summed E-state index contributed by atoms with van der Waals surface area (Å²) in [5.74, 6) is 0.158. The highest BCUT2D eigenvalue weighted by Crippen LogP contribution is 2.10. The molecule has 0 aromatic heterocycles. The van der Waals surface area contributed by atoms with Gasteiger partial charge in [0.15, 0.2) is 0 Å². The van der Waals surface area contributed by atoms with Crippen LogP contribution in [0.2, 0.25) is 0 Å². The number of nitrogens with one attached hydrogen (secondary N) is 1. The van der Waals surface area contributed by atoms with E-state index in [9.17, 15) is 13.2 Å². The van der Waals surface area contributed by atoms with Gasteiger partial charge in [-0.05, 0) is 6.92 Å². The SMILES string of the molecule is CCS(=O)(=O)N1CCN(C(=O)C2C=CCN2)CC1.Cl. The lowest BCUT2D eigenvalue weighted by Crippen LogP contribution is -2.54. The normalized spacial score (nSPS) is 24.3. The summed E-state index contributed by atoms with van der Waals surface area (Å²) in [5.41, 5.74) is 0. The van der Waals surface area contributed by atoms with Crippen LogP contribution in [0.25, 0.3) is 0 Å². The Balaban J connectivity index is 0.00000180. The molecule has 0 aromatic carbocycles. The second kappa shape index (κ2) is 6.69. The second-order valence-corrected chi connectivity index (χ2v) is 6.70. The number of carbonyl (C=O) groups is 1. The van der Waals surface area contributed by atoms with Crippen molar-refractivity contribution in [3.8, 4) is 0 Å². The predicted octanol–water partition coefficient (Wildman–Crippen LogP) is -0.570. The molecule has 0 bridgehead atoms. The molecule has 6 nitrogen and oxygen atoms in total. The Morgan fingerprint density at radius 3 is 2.42 bits per heavy atom. The fourth-order valence-electron chi connectivity index (χ4n) is 2.20. The molecule has 1 atom stereocenters. The number of hydrogen-bond acceptors (Lipinski definition) is 4. The molecule has 2 heterocycles. The Bertz CT molecular complexity index is 444. The van der Waals surface area contributed by atoms with E-state index >= 15 is 0 Å². The minimum atomic E-state index is -3.12. The van der Waals surface area contributed by atoms with Gasteiger partial charge in [-0.15, -0.1) is 12.4 Å². The van der Waals surface area contributed by atoms with Gasteiger partial charge >= 0.3 is 0 Å². The molecule has 110 valence electrons. The topological polar surface area (TPSA) is 69.7 Å². The molecular formula is C11H20ClN3O3S. The third kappa shape index (κ3) is 3.68. The first kappa shape index (κ1) is 16.4. The molecule has 0 spiro atoms. The number of sulfonamides is 1. The van der Waals surface area contributed by atoms with Crippen LogP contribution in [-0.2, 0) is 14.8 Å². The van der Waals surface area contributed by atoms with Crippen molar-refractivity contribution in [2.45, 2.75) is 13.0 Å². The Morgan fingerprint density at radius 1 is 1.32 bits per heavy atom. The molecule has 2 aliphatic heterocycles. The summed E-state index contributed by atoms with van der Waals surface area (Å²) in [4.78, 5) is 13.8. The smallest absolute Gasteiger partial charge is 0.243 e. The van der Waals surface area contributed by atoms with Crippen LogP contribution in [0.5, 0.6) is 0 Å². The molecule has 1 N–H and O–H groups in total. The molecule has 0 saturated carbocycles. The molecule has 1 unspecified atom stereocenters. The summed E-state index contributed by atoms with van der Waals surface area (Å²) in [5, 5.41) is 3.07. The molecule has 1 amide bonds. The van der Waals surface area contributed by atoms with Crippen molar-refractivity contribution >= 4 is 28.3 Å². The Hall–Kier alpha value is -0.630. The van der Waals surface area contributed by atoms with Crippen LogP contribution in [0.3, 0.4) is 0 Å². The van der Waals surface area contributed by atoms with Gasteiger partial charge in [-0.2, -0.15) is 4.31 Å². The number of amides is 1. The molecule has 2 rings (SSSR count). The van der Waals surface area contributed by atoms with E-state index in [-0.39, 0.29) is 30.1 Å². The van der Waals surface area contributed by atoms with Gasteiger partial charge < -0.3 is 4.90 Å². The molecule has 2 aliphatic rings. The quantitative estimate of drug-likeness (QED) is 0.709. The lowest BCUT2D eigenvalue weighted by molar-refractivity contribution is -0.133. The first-order valence-electron chi connectivity index (χ1n) is 6.21. The molecule has 0 aromatic rings. The zero-order chi connectivity index (χ0) is 13.2. The maximum Gasteiger partial charge on any atom is 0.243 e. The molecule has 1 fully saturated rings. The largest absolute Gasteiger partial charge is 0.338 e. The maximum atomic E-state index is 12.1. The average molecular weight is 310 g/mol. The zero-order valence-electron chi connectivity index (χ0n) is 10.9. The Morgan fingerprint density at radius 2 is 1.95 bits per heavy atom. The van der Waals surface area contributed by atoms with E-state index in [2.05, 4.69) is 5.32 Å². The zero-order valence-corrected chi connectivity index (χ0v) is 12.5. The van der Waals surface area contributed by atoms with Crippen molar-refractivity contribution in [2.24, 2.45) is 0 Å². The van der Waals surface area contributed by atoms with Crippen LogP contribution in [0, 0.1) is 0 Å². The van der Waals surface area contributed by atoms with Crippen LogP contribution in [-0.4, -0.2) is 68.0 Å². The van der Waals surface area contributed by atoms with E-state index in [1.54, 1.807) is 11.8 Å². The number of halogens is 1. The molecule has 0 aliphatic carbocycles. The summed E-state index contributed by atoms with van der Waals surface area (Å²) in [6, 6.07) is -0.237. The number of piperazine rings is 1. The van der Waals surface area contributed by atoms with Crippen molar-refractivity contribution in [2.75, 3.05) is 38.5 Å². The van der Waals surface area contributed by atoms with Crippen LogP contribution in [0.1, 0.15) is 6.92 Å². The van der Waals surface area contributed by atoms with Gasteiger partial charge in [0.2, 0.25) is 15.9 Å². The van der Waals surface area contributed by atoms with Crippen LogP contribution in [0.4, 0.5) is 0 Å². The van der Waals surface area contributed by atoms with E-state index in [1.165, 1.54) is 4.31 Å². The highest BCUT2D eigenvalue weighted by atomic mass is 35.5. The van der Waals surface area contributed by atoms with Gasteiger partial charge in [-0.3, -0.25) is 10.1 Å². The highest BCUT2D eigenvalue weighted by molar-refractivity contribution is 7.89. The van der Waals surface area contributed by atoms with Gasteiger partial charge in [0.25, 0.3) is 0 Å². The van der Waals surface area contributed by atoms with Crippen molar-refractivity contribution in [1.82, 2.24) is 14.5 Å². The van der Waals surface area contributed by atoms with Crippen LogP contribution in [0.15, 0.2) is 12.2 Å². The molecule has 19 heavy (non-hydrogen) atoms. The van der Waals surface area contributed by atoms with E-state index in [0.717, 1.165) is 6.54 Å². The van der Waals surface area contributed by atoms with Gasteiger partial charge in [0.05, 0.1) is 5.75 Å². The van der Waals surface area contributed by atoms with E-state index in [0.29, 0.717) is 26.2 Å². The van der Waals surface area contributed by atoms with E-state index in [1.807, 2.05) is 12.2 Å². The average Bonchev–Trinajstić information content (AvgIpc) is 2.92. The minimum Gasteiger partial charge on any atom is -0.338 e. The summed E-state index contributed by atoms with van der Waals surface area (Å²) < 4.78 is 24.8. The maximum absolute atomic E-state index is 12.1. The first-order chi connectivity index (χ1) is 8.54. The van der Waals surface area contributed by atoms with Gasteiger partial charge in [-0.1, -0.05) is 12.2 Å². The first-order valence-corrected chi connectivity index (χ1v) is 7.82. The summed E-state index contributed by atoms with van der Waals surface area (Å²) in [6.45, 7) is 4.12.